The van der Waals surface area contributed by atoms with Crippen LogP contribution >= 0.6 is 11.6 Å². The Bertz CT molecular complexity index is 1800. The first-order chi connectivity index (χ1) is 21.5. The Balaban J connectivity index is 0.000000278. The number of ether oxygens (including phenoxy) is 1. The molecular weight excluding hydrogens is 607 g/mol. The van der Waals surface area contributed by atoms with Crippen LogP contribution in [-0.2, 0) is 16.6 Å². The topological polar surface area (TPSA) is 86.7 Å². The number of aromatic nitrogens is 4. The summed E-state index contributed by atoms with van der Waals surface area (Å²) in [7, 11) is 5.61. The summed E-state index contributed by atoms with van der Waals surface area (Å²) < 4.78 is 24.2. The van der Waals surface area contributed by atoms with Crippen LogP contribution in [0.25, 0.3) is 22.3 Å². The molecule has 11 heteroatoms. The zero-order valence-electron chi connectivity index (χ0n) is 28.8. The first-order valence-electron chi connectivity index (χ1n) is 15.1. The molecule has 5 rings (SSSR count). The van der Waals surface area contributed by atoms with Gasteiger partial charge in [-0.1, -0.05) is 29.3 Å². The summed E-state index contributed by atoms with van der Waals surface area (Å²) in [6.07, 6.45) is 5.61. The molecule has 0 unspecified atom stereocenters. The standard InChI is InChI=1S/C21H25FN6O.C9H11Cl.C5H10O2/c1-13-19(16(23-3)8-9-25(13)4)14(2)27-10-11-28(21(27)29)18-7-6-17-15(20(18)22)12-24-26(17)5;1-6-4-7(2)9(10)8(3)5-6;1-5(2,3)7-4-6/h6-7,10-13H,8-9H2,1-5H3;4-5H,1-3H3;4H,1-3H3/b19-14+,23-16?;;/t13-;;/m0../s1. The van der Waals surface area contributed by atoms with Crippen LogP contribution in [0.2, 0.25) is 5.02 Å². The zero-order chi connectivity index (χ0) is 34.5. The van der Waals surface area contributed by atoms with Gasteiger partial charge in [-0.25, -0.2) is 9.18 Å². The average molecular weight is 653 g/mol. The minimum atomic E-state index is -0.456. The molecule has 248 valence electrons. The van der Waals surface area contributed by atoms with E-state index < -0.39 is 5.82 Å². The predicted octanol–water partition coefficient (Wildman–Crippen LogP) is 6.91. The highest BCUT2D eigenvalue weighted by molar-refractivity contribution is 6.32. The van der Waals surface area contributed by atoms with Crippen molar-refractivity contribution < 1.29 is 13.9 Å². The van der Waals surface area contributed by atoms with Gasteiger partial charge in [0, 0.05) is 67.5 Å². The molecule has 0 N–H and O–H groups in total. The summed E-state index contributed by atoms with van der Waals surface area (Å²) >= 11 is 5.95. The summed E-state index contributed by atoms with van der Waals surface area (Å²) in [4.78, 5) is 29.5. The number of hydrogen-bond acceptors (Lipinski definition) is 6. The lowest BCUT2D eigenvalue weighted by Crippen LogP contribution is -2.41. The van der Waals surface area contributed by atoms with Gasteiger partial charge in [-0.05, 0) is 85.7 Å². The molecule has 2 aromatic heterocycles. The Kier molecular flexibility index (Phi) is 11.9. The summed E-state index contributed by atoms with van der Waals surface area (Å²) in [6.45, 7) is 17.0. The van der Waals surface area contributed by atoms with Gasteiger partial charge in [0.15, 0.2) is 5.82 Å². The van der Waals surface area contributed by atoms with Crippen molar-refractivity contribution in [1.29, 1.82) is 0 Å². The average Bonchev–Trinajstić information content (AvgIpc) is 3.55. The number of piperidine rings is 1. The number of halogens is 2. The number of likely N-dealkylation sites (tertiary alicyclic amines) is 1. The summed E-state index contributed by atoms with van der Waals surface area (Å²) in [5.41, 5.74) is 6.74. The van der Waals surface area contributed by atoms with Gasteiger partial charge < -0.3 is 4.74 Å². The number of benzene rings is 2. The lowest BCUT2D eigenvalue weighted by atomic mass is 9.93. The number of rotatable bonds is 3. The van der Waals surface area contributed by atoms with Crippen LogP contribution in [0.4, 0.5) is 4.39 Å². The Morgan fingerprint density at radius 2 is 1.76 bits per heavy atom. The van der Waals surface area contributed by atoms with Gasteiger partial charge in [-0.15, -0.1) is 0 Å². The SMILES string of the molecule is CC(C)(C)OC=O.CN=C1CCN(C)[C@@H](C)/C1=C(/C)n1ccn(-c2ccc3c(cnn3C)c2F)c1=O.Cc1cc(C)c(Cl)c(C)c1. The van der Waals surface area contributed by atoms with Crippen molar-refractivity contribution in [2.75, 3.05) is 20.6 Å². The molecule has 0 amide bonds. The number of aryl methyl sites for hydroxylation is 4. The van der Waals surface area contributed by atoms with Crippen molar-refractivity contribution in [2.24, 2.45) is 12.0 Å². The van der Waals surface area contributed by atoms with Gasteiger partial charge in [0.2, 0.25) is 0 Å². The number of hydrogen-bond donors (Lipinski definition) is 0. The molecule has 1 fully saturated rings. The summed E-state index contributed by atoms with van der Waals surface area (Å²) in [5.74, 6) is -0.456. The van der Waals surface area contributed by atoms with Gasteiger partial charge >= 0.3 is 5.69 Å². The fourth-order valence-corrected chi connectivity index (χ4v) is 5.55. The quantitative estimate of drug-likeness (QED) is 0.225. The smallest absolute Gasteiger partial charge is 0.337 e. The molecule has 0 spiro atoms. The minimum absolute atomic E-state index is 0.140. The highest BCUT2D eigenvalue weighted by Gasteiger charge is 2.27. The third-order valence-corrected chi connectivity index (χ3v) is 8.57. The van der Waals surface area contributed by atoms with Crippen molar-refractivity contribution in [3.8, 4) is 5.69 Å². The first-order valence-corrected chi connectivity index (χ1v) is 15.5. The summed E-state index contributed by atoms with van der Waals surface area (Å²) in [6, 6.07) is 7.71. The van der Waals surface area contributed by atoms with Crippen LogP contribution in [0.5, 0.6) is 0 Å². The maximum Gasteiger partial charge on any atom is 0.337 e. The van der Waals surface area contributed by atoms with Gasteiger partial charge in [0.25, 0.3) is 6.47 Å². The van der Waals surface area contributed by atoms with Crippen LogP contribution in [-0.4, -0.2) is 68.3 Å². The van der Waals surface area contributed by atoms with E-state index in [1.807, 2.05) is 41.5 Å². The normalized spacial score (nSPS) is 17.2. The van der Waals surface area contributed by atoms with Gasteiger partial charge in [-0.2, -0.15) is 5.10 Å². The zero-order valence-corrected chi connectivity index (χ0v) is 29.5. The maximum atomic E-state index is 15.1. The predicted molar refractivity (Wildman–Crippen MR) is 186 cm³/mol. The second-order valence-electron chi connectivity index (χ2n) is 12.5. The van der Waals surface area contributed by atoms with Crippen LogP contribution in [0, 0.1) is 26.6 Å². The van der Waals surface area contributed by atoms with E-state index in [-0.39, 0.29) is 23.0 Å². The maximum absolute atomic E-state index is 15.1. The van der Waals surface area contributed by atoms with Crippen LogP contribution in [0.3, 0.4) is 0 Å². The Morgan fingerprint density at radius 3 is 2.30 bits per heavy atom. The van der Waals surface area contributed by atoms with Gasteiger partial charge in [-0.3, -0.25) is 28.5 Å². The van der Waals surface area contributed by atoms with Crippen molar-refractivity contribution >= 4 is 40.4 Å². The van der Waals surface area contributed by atoms with E-state index in [1.165, 1.54) is 27.5 Å². The second-order valence-corrected chi connectivity index (χ2v) is 12.9. The molecule has 46 heavy (non-hydrogen) atoms. The number of nitrogens with zero attached hydrogens (tertiary/aromatic N) is 6. The molecule has 1 saturated heterocycles. The van der Waals surface area contributed by atoms with E-state index in [2.05, 4.69) is 52.8 Å². The number of allylic oxidation sites excluding steroid dienone is 1. The molecule has 9 nitrogen and oxygen atoms in total. The number of fused-ring (bicyclic) bond motifs is 1. The molecule has 0 bridgehead atoms. The van der Waals surface area contributed by atoms with Crippen molar-refractivity contribution in [3.05, 3.63) is 86.4 Å². The lowest BCUT2D eigenvalue weighted by molar-refractivity contribution is -0.138. The molecule has 4 aromatic rings. The van der Waals surface area contributed by atoms with Crippen LogP contribution in [0.1, 0.15) is 57.7 Å². The molecular formula is C35H46ClFN6O3. The van der Waals surface area contributed by atoms with E-state index in [0.29, 0.717) is 17.4 Å². The minimum Gasteiger partial charge on any atom is -0.462 e. The number of aliphatic imine (C=N–C) groups is 1. The molecule has 1 atom stereocenters. The second kappa shape index (κ2) is 15.0. The lowest BCUT2D eigenvalue weighted by Gasteiger charge is -2.34. The molecule has 1 aliphatic heterocycles. The molecule has 1 aliphatic rings. The highest BCUT2D eigenvalue weighted by atomic mass is 35.5. The number of carbonyl (C=O) groups is 1. The van der Waals surface area contributed by atoms with Crippen molar-refractivity contribution in [1.82, 2.24) is 23.8 Å². The number of carbonyl (C=O) groups excluding carboxylic acids is 1. The third-order valence-electron chi connectivity index (χ3n) is 7.98. The van der Waals surface area contributed by atoms with E-state index >= 15 is 4.39 Å². The van der Waals surface area contributed by atoms with E-state index in [9.17, 15) is 9.59 Å². The van der Waals surface area contributed by atoms with Gasteiger partial charge in [0.05, 0.1) is 22.8 Å². The molecule has 0 radical (unpaired) electrons. The Labute approximate surface area is 275 Å². The fraction of sp³-hybridized carbons (Fsp3) is 0.429. The largest absolute Gasteiger partial charge is 0.462 e. The number of imidazole rings is 1. The van der Waals surface area contributed by atoms with Gasteiger partial charge in [0.1, 0.15) is 5.60 Å². The monoisotopic (exact) mass is 652 g/mol. The van der Waals surface area contributed by atoms with Crippen LogP contribution in [0.15, 0.2) is 58.2 Å². The van der Waals surface area contributed by atoms with Crippen molar-refractivity contribution in [2.45, 2.75) is 73.5 Å². The highest BCUT2D eigenvalue weighted by Crippen LogP contribution is 2.26. The Hall–Kier alpha value is -4.02. The first kappa shape index (κ1) is 36.4. The summed E-state index contributed by atoms with van der Waals surface area (Å²) in [5, 5.41) is 5.39. The third kappa shape index (κ3) is 8.22. The van der Waals surface area contributed by atoms with Crippen molar-refractivity contribution in [3.63, 3.8) is 0 Å². The van der Waals surface area contributed by atoms with Crippen LogP contribution < -0.4 is 5.69 Å². The van der Waals surface area contributed by atoms with E-state index in [1.54, 1.807) is 47.9 Å². The molecule has 3 heterocycles. The number of likely N-dealkylation sites (N-methyl/N-ethyl adjacent to an activating group) is 1. The Morgan fingerprint density at radius 1 is 1.13 bits per heavy atom. The fourth-order valence-electron chi connectivity index (χ4n) is 5.44. The molecule has 0 aliphatic carbocycles. The van der Waals surface area contributed by atoms with E-state index in [0.717, 1.165) is 35.0 Å². The van der Waals surface area contributed by atoms with E-state index in [4.69, 9.17) is 11.6 Å². The molecule has 2 aromatic carbocycles. The molecule has 0 saturated carbocycles.